The average Bonchev–Trinajstić information content (AvgIpc) is 3.03. The molecule has 1 unspecified atom stereocenters. The van der Waals surface area contributed by atoms with Crippen molar-refractivity contribution in [1.29, 1.82) is 0 Å². The van der Waals surface area contributed by atoms with Gasteiger partial charge in [-0.05, 0) is 43.1 Å². The Hall–Kier alpha value is -2.14. The van der Waals surface area contributed by atoms with E-state index in [9.17, 15) is 9.90 Å². The van der Waals surface area contributed by atoms with Crippen molar-refractivity contribution in [2.75, 3.05) is 6.54 Å². The van der Waals surface area contributed by atoms with Crippen LogP contribution in [0.25, 0.3) is 5.69 Å². The Kier molecular flexibility index (Phi) is 4.01. The third kappa shape index (κ3) is 3.13. The van der Waals surface area contributed by atoms with E-state index >= 15 is 0 Å². The highest BCUT2D eigenvalue weighted by molar-refractivity contribution is 5.73. The van der Waals surface area contributed by atoms with Crippen molar-refractivity contribution in [3.05, 3.63) is 48.3 Å². The molecule has 1 saturated heterocycles. The first-order valence-electron chi connectivity index (χ1n) is 7.30. The summed E-state index contributed by atoms with van der Waals surface area (Å²) in [5, 5.41) is 13.5. The zero-order valence-corrected chi connectivity index (χ0v) is 11.9. The van der Waals surface area contributed by atoms with E-state index in [4.69, 9.17) is 0 Å². The van der Waals surface area contributed by atoms with Crippen molar-refractivity contribution in [2.45, 2.75) is 31.8 Å². The van der Waals surface area contributed by atoms with Crippen LogP contribution in [0, 0.1) is 0 Å². The van der Waals surface area contributed by atoms with Crippen molar-refractivity contribution in [1.82, 2.24) is 14.7 Å². The van der Waals surface area contributed by atoms with Crippen LogP contribution in [0.2, 0.25) is 0 Å². The summed E-state index contributed by atoms with van der Waals surface area (Å²) in [6, 6.07) is 9.67. The first kappa shape index (κ1) is 13.8. The molecular weight excluding hydrogens is 266 g/mol. The predicted molar refractivity (Wildman–Crippen MR) is 79.2 cm³/mol. The molecule has 1 atom stereocenters. The lowest BCUT2D eigenvalue weighted by Crippen LogP contribution is -2.43. The number of carboxylic acids is 1. The maximum absolute atomic E-state index is 11.3. The van der Waals surface area contributed by atoms with Crippen molar-refractivity contribution in [2.24, 2.45) is 0 Å². The van der Waals surface area contributed by atoms with E-state index in [1.807, 2.05) is 41.2 Å². The van der Waals surface area contributed by atoms with Crippen LogP contribution in [0.3, 0.4) is 0 Å². The molecule has 1 aromatic carbocycles. The van der Waals surface area contributed by atoms with E-state index in [1.54, 1.807) is 6.20 Å². The molecule has 5 nitrogen and oxygen atoms in total. The molecule has 1 N–H and O–H groups in total. The van der Waals surface area contributed by atoms with Gasteiger partial charge in [-0.3, -0.25) is 9.69 Å². The van der Waals surface area contributed by atoms with Gasteiger partial charge in [-0.2, -0.15) is 5.10 Å². The first-order valence-corrected chi connectivity index (χ1v) is 7.30. The van der Waals surface area contributed by atoms with Gasteiger partial charge < -0.3 is 5.11 Å². The van der Waals surface area contributed by atoms with Gasteiger partial charge in [0.15, 0.2) is 0 Å². The molecule has 0 radical (unpaired) electrons. The molecule has 0 aliphatic carbocycles. The molecule has 3 rings (SSSR count). The van der Waals surface area contributed by atoms with Crippen molar-refractivity contribution in [3.8, 4) is 5.69 Å². The summed E-state index contributed by atoms with van der Waals surface area (Å²) >= 11 is 0. The van der Waals surface area contributed by atoms with Crippen LogP contribution >= 0.6 is 0 Å². The summed E-state index contributed by atoms with van der Waals surface area (Å²) in [4.78, 5) is 13.4. The number of likely N-dealkylation sites (tertiary alicyclic amines) is 1. The quantitative estimate of drug-likeness (QED) is 0.936. The molecule has 5 heteroatoms. The van der Waals surface area contributed by atoms with Gasteiger partial charge in [0.1, 0.15) is 6.04 Å². The van der Waals surface area contributed by atoms with Gasteiger partial charge in [0.05, 0.1) is 5.69 Å². The second-order valence-electron chi connectivity index (χ2n) is 5.44. The summed E-state index contributed by atoms with van der Waals surface area (Å²) in [6.45, 7) is 1.55. The Balaban J connectivity index is 1.71. The van der Waals surface area contributed by atoms with Crippen molar-refractivity contribution in [3.63, 3.8) is 0 Å². The van der Waals surface area contributed by atoms with Crippen LogP contribution in [-0.4, -0.2) is 38.3 Å². The highest BCUT2D eigenvalue weighted by Crippen LogP contribution is 2.20. The van der Waals surface area contributed by atoms with E-state index in [1.165, 1.54) is 0 Å². The van der Waals surface area contributed by atoms with Crippen LogP contribution in [0.1, 0.15) is 24.8 Å². The van der Waals surface area contributed by atoms with Crippen molar-refractivity contribution < 1.29 is 9.90 Å². The first-order chi connectivity index (χ1) is 10.2. The molecule has 1 aliphatic heterocycles. The van der Waals surface area contributed by atoms with Gasteiger partial charge in [0.2, 0.25) is 0 Å². The zero-order valence-electron chi connectivity index (χ0n) is 11.9. The molecule has 0 amide bonds. The van der Waals surface area contributed by atoms with Crippen molar-refractivity contribution >= 4 is 5.97 Å². The van der Waals surface area contributed by atoms with E-state index < -0.39 is 5.97 Å². The smallest absolute Gasteiger partial charge is 0.320 e. The lowest BCUT2D eigenvalue weighted by molar-refractivity contribution is -0.144. The fourth-order valence-electron chi connectivity index (χ4n) is 2.87. The minimum Gasteiger partial charge on any atom is -0.480 e. The van der Waals surface area contributed by atoms with Gasteiger partial charge in [0, 0.05) is 18.9 Å². The Morgan fingerprint density at radius 2 is 2.10 bits per heavy atom. The number of piperidine rings is 1. The summed E-state index contributed by atoms with van der Waals surface area (Å²) in [6.07, 6.45) is 6.49. The van der Waals surface area contributed by atoms with E-state index in [2.05, 4.69) is 10.00 Å². The molecule has 1 aromatic heterocycles. The van der Waals surface area contributed by atoms with Gasteiger partial charge >= 0.3 is 5.97 Å². The maximum Gasteiger partial charge on any atom is 0.320 e. The summed E-state index contributed by atoms with van der Waals surface area (Å²) in [5.41, 5.74) is 2.15. The SMILES string of the molecule is O=C(O)C1CCCCN1Cc1ccc(-n2cccn2)cc1. The zero-order chi connectivity index (χ0) is 14.7. The van der Waals surface area contributed by atoms with Crippen LogP contribution < -0.4 is 0 Å². The number of hydrogen-bond acceptors (Lipinski definition) is 3. The molecule has 2 aromatic rings. The number of benzene rings is 1. The van der Waals surface area contributed by atoms with Gasteiger partial charge in [-0.15, -0.1) is 0 Å². The third-order valence-corrected chi connectivity index (χ3v) is 3.99. The fourth-order valence-corrected chi connectivity index (χ4v) is 2.87. The van der Waals surface area contributed by atoms with E-state index in [-0.39, 0.29) is 6.04 Å². The molecule has 0 bridgehead atoms. The lowest BCUT2D eigenvalue weighted by atomic mass is 10.0. The average molecular weight is 285 g/mol. The topological polar surface area (TPSA) is 58.4 Å². The van der Waals surface area contributed by atoms with Crippen LogP contribution in [0.4, 0.5) is 0 Å². The summed E-state index contributed by atoms with van der Waals surface area (Å²) in [7, 11) is 0. The number of rotatable bonds is 4. The standard InChI is InChI=1S/C16H19N3O2/c20-16(21)15-4-1-2-10-18(15)12-13-5-7-14(8-6-13)19-11-3-9-17-19/h3,5-9,11,15H,1-2,4,10,12H2,(H,20,21). The highest BCUT2D eigenvalue weighted by Gasteiger charge is 2.28. The fraction of sp³-hybridized carbons (Fsp3) is 0.375. The van der Waals surface area contributed by atoms with Crippen LogP contribution in [0.5, 0.6) is 0 Å². The lowest BCUT2D eigenvalue weighted by Gasteiger charge is -2.32. The number of carbonyl (C=O) groups is 1. The van der Waals surface area contributed by atoms with E-state index in [0.717, 1.165) is 37.1 Å². The predicted octanol–water partition coefficient (Wildman–Crippen LogP) is 2.31. The van der Waals surface area contributed by atoms with Gasteiger partial charge in [-0.25, -0.2) is 4.68 Å². The molecule has 2 heterocycles. The molecule has 1 aliphatic rings. The van der Waals surface area contributed by atoms with Crippen LogP contribution in [0.15, 0.2) is 42.7 Å². The van der Waals surface area contributed by atoms with Gasteiger partial charge in [-0.1, -0.05) is 18.6 Å². The normalized spacial score (nSPS) is 19.5. The van der Waals surface area contributed by atoms with Crippen LogP contribution in [-0.2, 0) is 11.3 Å². The Morgan fingerprint density at radius 3 is 2.76 bits per heavy atom. The highest BCUT2D eigenvalue weighted by atomic mass is 16.4. The number of aromatic nitrogens is 2. The van der Waals surface area contributed by atoms with E-state index in [0.29, 0.717) is 6.54 Å². The Morgan fingerprint density at radius 1 is 1.29 bits per heavy atom. The monoisotopic (exact) mass is 285 g/mol. The molecular formula is C16H19N3O2. The third-order valence-electron chi connectivity index (χ3n) is 3.99. The minimum absolute atomic E-state index is 0.343. The molecule has 1 fully saturated rings. The largest absolute Gasteiger partial charge is 0.480 e. The van der Waals surface area contributed by atoms with Gasteiger partial charge in [0.25, 0.3) is 0 Å². The molecule has 110 valence electrons. The number of carboxylic acid groups (broad SMARTS) is 1. The second-order valence-corrected chi connectivity index (χ2v) is 5.44. The second kappa shape index (κ2) is 6.10. The molecule has 21 heavy (non-hydrogen) atoms. The summed E-state index contributed by atoms with van der Waals surface area (Å²) < 4.78 is 1.81. The number of hydrogen-bond donors (Lipinski definition) is 1. The molecule has 0 spiro atoms. The molecule has 0 saturated carbocycles. The maximum atomic E-state index is 11.3. The summed E-state index contributed by atoms with van der Waals surface area (Å²) in [5.74, 6) is -0.706. The number of nitrogens with zero attached hydrogens (tertiary/aromatic N) is 3. The minimum atomic E-state index is -0.706. The Bertz CT molecular complexity index is 592. The Labute approximate surface area is 123 Å². The number of aliphatic carboxylic acids is 1.